The van der Waals surface area contributed by atoms with Gasteiger partial charge in [-0.2, -0.15) is 13.2 Å². The minimum atomic E-state index is -4.45. The molecular weight excluding hydrogens is 493 g/mol. The lowest BCUT2D eigenvalue weighted by Gasteiger charge is -2.39. The van der Waals surface area contributed by atoms with Gasteiger partial charge in [0.1, 0.15) is 18.0 Å². The lowest BCUT2D eigenvalue weighted by Crippen LogP contribution is -2.51. The van der Waals surface area contributed by atoms with E-state index in [9.17, 15) is 18.0 Å². The Morgan fingerprint density at radius 3 is 2.47 bits per heavy atom. The summed E-state index contributed by atoms with van der Waals surface area (Å²) in [7, 11) is 0. The normalized spacial score (nSPS) is 19.2. The van der Waals surface area contributed by atoms with Crippen molar-refractivity contribution in [3.63, 3.8) is 0 Å². The molecule has 0 spiro atoms. The van der Waals surface area contributed by atoms with Gasteiger partial charge >= 0.3 is 6.18 Å². The van der Waals surface area contributed by atoms with Crippen molar-refractivity contribution in [2.45, 2.75) is 44.3 Å². The summed E-state index contributed by atoms with van der Waals surface area (Å²) in [6.45, 7) is 9.67. The average molecular weight is 523 g/mol. The van der Waals surface area contributed by atoms with E-state index in [0.717, 1.165) is 5.56 Å². The first-order chi connectivity index (χ1) is 17.0. The molecule has 3 heterocycles. The van der Waals surface area contributed by atoms with Crippen LogP contribution in [0.25, 0.3) is 0 Å². The zero-order valence-electron chi connectivity index (χ0n) is 20.3. The van der Waals surface area contributed by atoms with Crippen LogP contribution in [0.5, 0.6) is 0 Å². The van der Waals surface area contributed by atoms with Crippen LogP contribution in [-0.2, 0) is 4.79 Å². The Hall–Kier alpha value is -2.85. The molecule has 2 atom stereocenters. The molecule has 2 N–H and O–H groups in total. The van der Waals surface area contributed by atoms with Gasteiger partial charge in [0, 0.05) is 61.5 Å². The van der Waals surface area contributed by atoms with Gasteiger partial charge in [0.2, 0.25) is 5.91 Å². The van der Waals surface area contributed by atoms with Crippen LogP contribution < -0.4 is 15.5 Å². The smallest absolute Gasteiger partial charge is 0.353 e. The van der Waals surface area contributed by atoms with Crippen molar-refractivity contribution in [3.05, 3.63) is 59.0 Å². The average Bonchev–Trinajstić information content (AvgIpc) is 2.83. The first kappa shape index (κ1) is 26.2. The molecule has 2 aromatic rings. The van der Waals surface area contributed by atoms with Gasteiger partial charge < -0.3 is 20.4 Å². The summed E-state index contributed by atoms with van der Waals surface area (Å²) >= 11 is 6.04. The quantitative estimate of drug-likeness (QED) is 0.580. The topological polar surface area (TPSA) is 73.4 Å². The molecule has 1 amide bonds. The van der Waals surface area contributed by atoms with Crippen molar-refractivity contribution in [3.8, 4) is 0 Å². The molecule has 2 aliphatic rings. The number of fused-ring (bicyclic) bond motifs is 1. The van der Waals surface area contributed by atoms with E-state index in [0.29, 0.717) is 37.7 Å². The summed E-state index contributed by atoms with van der Waals surface area (Å²) in [5, 5.41) is 6.81. The van der Waals surface area contributed by atoms with Crippen LogP contribution in [0, 0.1) is 0 Å². The third-order valence-electron chi connectivity index (χ3n) is 6.54. The summed E-state index contributed by atoms with van der Waals surface area (Å²) in [5.41, 5.74) is 1.18. The maximum absolute atomic E-state index is 13.9. The van der Waals surface area contributed by atoms with E-state index in [1.807, 2.05) is 30.9 Å². The van der Waals surface area contributed by atoms with Crippen LogP contribution in [0.2, 0.25) is 5.02 Å². The fourth-order valence-corrected chi connectivity index (χ4v) is 4.79. The summed E-state index contributed by atoms with van der Waals surface area (Å²) in [6, 6.07) is 7.45. The van der Waals surface area contributed by atoms with Crippen molar-refractivity contribution in [2.24, 2.45) is 0 Å². The molecule has 1 fully saturated rings. The third kappa shape index (κ3) is 5.75. The number of alkyl halides is 3. The van der Waals surface area contributed by atoms with Crippen LogP contribution in [0.3, 0.4) is 0 Å². The molecular formula is C25H30ClF3N6O. The van der Waals surface area contributed by atoms with Crippen molar-refractivity contribution in [1.29, 1.82) is 0 Å². The molecule has 1 aromatic carbocycles. The number of allylic oxidation sites excluding steroid dienone is 1. The van der Waals surface area contributed by atoms with Crippen molar-refractivity contribution in [2.75, 3.05) is 42.9 Å². The van der Waals surface area contributed by atoms with E-state index in [-0.39, 0.29) is 41.3 Å². The number of anilines is 2. The standard InChI is InChI=1S/C25H30ClF3N6O/c1-15(2)30-13-19(17-4-6-18(26)7-5-17)24(36)35-10-8-34(9-11-35)23-21-20(25(27,28)29)12-16(3)33-22(21)31-14-32-23/h4-7,14-15,19-20,30H,3,8-13H2,1-2H3,(H,31,32,33)/t19-,20+/m1/s1. The van der Waals surface area contributed by atoms with Crippen LogP contribution in [0.4, 0.5) is 24.8 Å². The minimum Gasteiger partial charge on any atom is -0.353 e. The SMILES string of the molecule is C=C1C[C@H](C(F)(F)F)c2c(ncnc2N2CCN(C(=O)[C@H](CNC(C)C)c3ccc(Cl)cc3)CC2)N1. The molecule has 0 radical (unpaired) electrons. The number of benzene rings is 1. The highest BCUT2D eigenvalue weighted by molar-refractivity contribution is 6.30. The molecule has 1 aromatic heterocycles. The minimum absolute atomic E-state index is 0.0269. The second-order valence-electron chi connectivity index (χ2n) is 9.47. The Labute approximate surface area is 213 Å². The second kappa shape index (κ2) is 10.6. The van der Waals surface area contributed by atoms with E-state index < -0.39 is 18.0 Å². The Balaban J connectivity index is 1.52. The van der Waals surface area contributed by atoms with Crippen LogP contribution in [-0.4, -0.2) is 65.7 Å². The number of hydrogen-bond donors (Lipinski definition) is 2. The van der Waals surface area contributed by atoms with E-state index in [1.54, 1.807) is 17.0 Å². The third-order valence-corrected chi connectivity index (χ3v) is 6.80. The predicted octanol–water partition coefficient (Wildman–Crippen LogP) is 4.54. The van der Waals surface area contributed by atoms with Crippen LogP contribution in [0.1, 0.15) is 43.2 Å². The number of piperazine rings is 1. The second-order valence-corrected chi connectivity index (χ2v) is 9.90. The highest BCUT2D eigenvalue weighted by Gasteiger charge is 2.47. The fraction of sp³-hybridized carbons (Fsp3) is 0.480. The zero-order chi connectivity index (χ0) is 26.0. The monoisotopic (exact) mass is 522 g/mol. The summed E-state index contributed by atoms with van der Waals surface area (Å²) < 4.78 is 41.7. The summed E-state index contributed by atoms with van der Waals surface area (Å²) in [5.74, 6) is -1.76. The summed E-state index contributed by atoms with van der Waals surface area (Å²) in [4.78, 5) is 25.4. The van der Waals surface area contributed by atoms with Gasteiger partial charge in [-0.3, -0.25) is 4.79 Å². The molecule has 36 heavy (non-hydrogen) atoms. The van der Waals surface area contributed by atoms with E-state index >= 15 is 0 Å². The summed E-state index contributed by atoms with van der Waals surface area (Å²) in [6.07, 6.45) is -3.45. The van der Waals surface area contributed by atoms with Crippen LogP contribution in [0.15, 0.2) is 42.9 Å². The molecule has 1 saturated heterocycles. The highest BCUT2D eigenvalue weighted by atomic mass is 35.5. The number of carbonyl (C=O) groups is 1. The lowest BCUT2D eigenvalue weighted by molar-refractivity contribution is -0.150. The number of amides is 1. The van der Waals surface area contributed by atoms with E-state index in [4.69, 9.17) is 11.6 Å². The van der Waals surface area contributed by atoms with Crippen molar-refractivity contribution < 1.29 is 18.0 Å². The molecule has 0 bridgehead atoms. The maximum Gasteiger partial charge on any atom is 0.396 e. The van der Waals surface area contributed by atoms with Gasteiger partial charge in [-0.05, 0) is 17.7 Å². The fourth-order valence-electron chi connectivity index (χ4n) is 4.66. The predicted molar refractivity (Wildman–Crippen MR) is 134 cm³/mol. The Morgan fingerprint density at radius 1 is 1.19 bits per heavy atom. The van der Waals surface area contributed by atoms with Crippen molar-refractivity contribution >= 4 is 29.1 Å². The molecule has 11 heteroatoms. The lowest BCUT2D eigenvalue weighted by atomic mass is 9.90. The largest absolute Gasteiger partial charge is 0.396 e. The Morgan fingerprint density at radius 2 is 1.86 bits per heavy atom. The number of rotatable bonds is 6. The van der Waals surface area contributed by atoms with Crippen molar-refractivity contribution in [1.82, 2.24) is 20.2 Å². The molecule has 0 aliphatic carbocycles. The van der Waals surface area contributed by atoms with Crippen LogP contribution >= 0.6 is 11.6 Å². The molecule has 194 valence electrons. The Kier molecular flexibility index (Phi) is 7.75. The number of halogens is 4. The number of nitrogens with zero attached hydrogens (tertiary/aromatic N) is 4. The number of hydrogen-bond acceptors (Lipinski definition) is 6. The first-order valence-electron chi connectivity index (χ1n) is 11.9. The maximum atomic E-state index is 13.9. The van der Waals surface area contributed by atoms with E-state index in [2.05, 4.69) is 27.2 Å². The highest BCUT2D eigenvalue weighted by Crippen LogP contribution is 2.47. The van der Waals surface area contributed by atoms with Gasteiger partial charge in [0.25, 0.3) is 0 Å². The number of carbonyl (C=O) groups excluding carboxylic acids is 1. The molecule has 0 saturated carbocycles. The molecule has 7 nitrogen and oxygen atoms in total. The molecule has 2 aliphatic heterocycles. The zero-order valence-corrected chi connectivity index (χ0v) is 21.0. The Bertz CT molecular complexity index is 1100. The molecule has 0 unspecified atom stereocenters. The number of nitrogens with one attached hydrogen (secondary N) is 2. The van der Waals surface area contributed by atoms with Gasteiger partial charge in [-0.1, -0.05) is 44.2 Å². The van der Waals surface area contributed by atoms with Gasteiger partial charge in [0.15, 0.2) is 0 Å². The van der Waals surface area contributed by atoms with E-state index in [1.165, 1.54) is 6.33 Å². The van der Waals surface area contributed by atoms with Gasteiger partial charge in [-0.25, -0.2) is 9.97 Å². The number of aromatic nitrogens is 2. The molecule has 4 rings (SSSR count). The van der Waals surface area contributed by atoms with Gasteiger partial charge in [0.05, 0.1) is 11.8 Å². The first-order valence-corrected chi connectivity index (χ1v) is 12.3. The van der Waals surface area contributed by atoms with Gasteiger partial charge in [-0.15, -0.1) is 0 Å².